The van der Waals surface area contributed by atoms with Crippen molar-refractivity contribution in [3.8, 4) is 5.69 Å². The molecule has 3 nitrogen and oxygen atoms in total. The van der Waals surface area contributed by atoms with E-state index < -0.39 is 11.7 Å². The predicted octanol–water partition coefficient (Wildman–Crippen LogP) is 2.54. The standard InChI is InChI=1S/C13H12F3N3/c14-13(15,16)9-2-1-3-10(6-9)19-8-18-11-7-17-5-4-12(11)19/h1-3,6,8,17H,4-5,7H2. The van der Waals surface area contributed by atoms with E-state index in [4.69, 9.17) is 0 Å². The van der Waals surface area contributed by atoms with Gasteiger partial charge >= 0.3 is 6.18 Å². The molecular formula is C13H12F3N3. The third-order valence-electron chi connectivity index (χ3n) is 3.24. The van der Waals surface area contributed by atoms with Gasteiger partial charge in [-0.1, -0.05) is 6.07 Å². The van der Waals surface area contributed by atoms with E-state index in [0.717, 1.165) is 36.5 Å². The summed E-state index contributed by atoms with van der Waals surface area (Å²) in [6.07, 6.45) is -1.96. The van der Waals surface area contributed by atoms with Crippen LogP contribution in [0.2, 0.25) is 0 Å². The molecule has 0 spiro atoms. The minimum absolute atomic E-state index is 0.505. The summed E-state index contributed by atoms with van der Waals surface area (Å²) >= 11 is 0. The molecule has 0 radical (unpaired) electrons. The van der Waals surface area contributed by atoms with Crippen LogP contribution in [0.1, 0.15) is 17.0 Å². The predicted molar refractivity (Wildman–Crippen MR) is 64.0 cm³/mol. The number of hydrogen-bond donors (Lipinski definition) is 1. The normalized spacial score (nSPS) is 15.3. The van der Waals surface area contributed by atoms with Gasteiger partial charge in [-0.2, -0.15) is 13.2 Å². The van der Waals surface area contributed by atoms with Gasteiger partial charge in [0.2, 0.25) is 0 Å². The number of fused-ring (bicyclic) bond motifs is 1. The van der Waals surface area contributed by atoms with E-state index in [2.05, 4.69) is 10.3 Å². The van der Waals surface area contributed by atoms with E-state index in [1.807, 2.05) is 0 Å². The Labute approximate surface area is 108 Å². The first-order valence-electron chi connectivity index (χ1n) is 5.99. The third-order valence-corrected chi connectivity index (χ3v) is 3.24. The zero-order valence-electron chi connectivity index (χ0n) is 10.0. The van der Waals surface area contributed by atoms with Gasteiger partial charge in [-0.25, -0.2) is 4.98 Å². The Morgan fingerprint density at radius 1 is 1.26 bits per heavy atom. The molecule has 6 heteroatoms. The van der Waals surface area contributed by atoms with Crippen LogP contribution < -0.4 is 5.32 Å². The number of hydrogen-bond acceptors (Lipinski definition) is 2. The molecular weight excluding hydrogens is 255 g/mol. The quantitative estimate of drug-likeness (QED) is 0.860. The van der Waals surface area contributed by atoms with Gasteiger partial charge < -0.3 is 9.88 Å². The number of imidazole rings is 1. The molecule has 19 heavy (non-hydrogen) atoms. The Hall–Kier alpha value is -1.82. The highest BCUT2D eigenvalue weighted by Crippen LogP contribution is 2.30. The van der Waals surface area contributed by atoms with Crippen LogP contribution in [0.4, 0.5) is 13.2 Å². The molecule has 1 aromatic heterocycles. The Balaban J connectivity index is 2.05. The summed E-state index contributed by atoms with van der Waals surface area (Å²) in [5.41, 5.74) is 1.76. The Bertz CT molecular complexity index is 601. The van der Waals surface area contributed by atoms with Crippen molar-refractivity contribution < 1.29 is 13.2 Å². The molecule has 0 unspecified atom stereocenters. The summed E-state index contributed by atoms with van der Waals surface area (Å²) < 4.78 is 39.9. The fourth-order valence-corrected chi connectivity index (χ4v) is 2.29. The lowest BCUT2D eigenvalue weighted by molar-refractivity contribution is -0.137. The van der Waals surface area contributed by atoms with Crippen molar-refractivity contribution >= 4 is 0 Å². The van der Waals surface area contributed by atoms with Gasteiger partial charge in [-0.15, -0.1) is 0 Å². The fourth-order valence-electron chi connectivity index (χ4n) is 2.29. The maximum absolute atomic E-state index is 12.7. The maximum Gasteiger partial charge on any atom is 0.416 e. The van der Waals surface area contributed by atoms with Crippen LogP contribution in [-0.2, 0) is 19.1 Å². The van der Waals surface area contributed by atoms with Crippen molar-refractivity contribution in [2.75, 3.05) is 6.54 Å². The SMILES string of the molecule is FC(F)(F)c1cccc(-n2cnc3c2CCNC3)c1. The number of benzene rings is 1. The first kappa shape index (κ1) is 12.2. The van der Waals surface area contributed by atoms with Crippen molar-refractivity contribution in [1.29, 1.82) is 0 Å². The zero-order chi connectivity index (χ0) is 13.5. The van der Waals surface area contributed by atoms with E-state index in [1.165, 1.54) is 6.07 Å². The molecule has 0 aliphatic carbocycles. The Morgan fingerprint density at radius 2 is 2.11 bits per heavy atom. The van der Waals surface area contributed by atoms with E-state index >= 15 is 0 Å². The molecule has 0 bridgehead atoms. The van der Waals surface area contributed by atoms with Gasteiger partial charge in [0.05, 0.1) is 17.6 Å². The third kappa shape index (κ3) is 2.23. The fraction of sp³-hybridized carbons (Fsp3) is 0.308. The highest BCUT2D eigenvalue weighted by atomic mass is 19.4. The van der Waals surface area contributed by atoms with Crippen molar-refractivity contribution in [2.24, 2.45) is 0 Å². The second-order valence-corrected chi connectivity index (χ2v) is 4.48. The number of nitrogens with one attached hydrogen (secondary N) is 1. The van der Waals surface area contributed by atoms with Crippen LogP contribution >= 0.6 is 0 Å². The van der Waals surface area contributed by atoms with Gasteiger partial charge in [0.1, 0.15) is 0 Å². The smallest absolute Gasteiger partial charge is 0.311 e. The lowest BCUT2D eigenvalue weighted by atomic mass is 10.1. The number of aromatic nitrogens is 2. The highest BCUT2D eigenvalue weighted by molar-refractivity contribution is 5.40. The van der Waals surface area contributed by atoms with Crippen molar-refractivity contribution in [3.63, 3.8) is 0 Å². The summed E-state index contributed by atoms with van der Waals surface area (Å²) in [6, 6.07) is 5.32. The summed E-state index contributed by atoms with van der Waals surface area (Å²) in [6.45, 7) is 1.49. The largest absolute Gasteiger partial charge is 0.416 e. The molecule has 0 saturated carbocycles. The molecule has 2 heterocycles. The first-order valence-corrected chi connectivity index (χ1v) is 5.99. The second-order valence-electron chi connectivity index (χ2n) is 4.48. The molecule has 0 saturated heterocycles. The molecule has 100 valence electrons. The molecule has 1 N–H and O–H groups in total. The topological polar surface area (TPSA) is 29.9 Å². The molecule has 3 rings (SSSR count). The van der Waals surface area contributed by atoms with Crippen LogP contribution in [0.15, 0.2) is 30.6 Å². The van der Waals surface area contributed by atoms with Crippen molar-refractivity contribution in [2.45, 2.75) is 19.1 Å². The highest BCUT2D eigenvalue weighted by Gasteiger charge is 2.30. The minimum Gasteiger partial charge on any atom is -0.311 e. The minimum atomic E-state index is -4.32. The van der Waals surface area contributed by atoms with Crippen LogP contribution in [0, 0.1) is 0 Å². The van der Waals surface area contributed by atoms with Gasteiger partial charge in [-0.05, 0) is 18.2 Å². The van der Waals surface area contributed by atoms with Gasteiger partial charge in [0.25, 0.3) is 0 Å². The molecule has 1 aliphatic rings. The molecule has 0 amide bonds. The zero-order valence-corrected chi connectivity index (χ0v) is 10.0. The average Bonchev–Trinajstić information content (AvgIpc) is 2.82. The lowest BCUT2D eigenvalue weighted by Gasteiger charge is -2.16. The van der Waals surface area contributed by atoms with Crippen LogP contribution in [-0.4, -0.2) is 16.1 Å². The van der Waals surface area contributed by atoms with E-state index in [0.29, 0.717) is 12.2 Å². The van der Waals surface area contributed by atoms with Gasteiger partial charge in [0.15, 0.2) is 0 Å². The average molecular weight is 267 g/mol. The molecule has 1 aromatic carbocycles. The van der Waals surface area contributed by atoms with Crippen LogP contribution in [0.3, 0.4) is 0 Å². The van der Waals surface area contributed by atoms with Crippen molar-refractivity contribution in [3.05, 3.63) is 47.5 Å². The summed E-state index contributed by atoms with van der Waals surface area (Å²) in [7, 11) is 0. The van der Waals surface area contributed by atoms with Crippen LogP contribution in [0.5, 0.6) is 0 Å². The first-order chi connectivity index (χ1) is 9.05. The Kier molecular flexibility index (Phi) is 2.82. The number of alkyl halides is 3. The second kappa shape index (κ2) is 4.38. The Morgan fingerprint density at radius 3 is 2.89 bits per heavy atom. The summed E-state index contributed by atoms with van der Waals surface area (Å²) in [5.74, 6) is 0. The number of rotatable bonds is 1. The number of halogens is 3. The number of nitrogens with zero attached hydrogens (tertiary/aromatic N) is 2. The van der Waals surface area contributed by atoms with Gasteiger partial charge in [-0.3, -0.25) is 0 Å². The molecule has 0 fully saturated rings. The van der Waals surface area contributed by atoms with Crippen LogP contribution in [0.25, 0.3) is 5.69 Å². The molecule has 1 aliphatic heterocycles. The van der Waals surface area contributed by atoms with Gasteiger partial charge in [0, 0.05) is 30.9 Å². The maximum atomic E-state index is 12.7. The summed E-state index contributed by atoms with van der Waals surface area (Å²) in [5, 5.41) is 3.19. The van der Waals surface area contributed by atoms with Crippen molar-refractivity contribution in [1.82, 2.24) is 14.9 Å². The molecule has 2 aromatic rings. The van der Waals surface area contributed by atoms with E-state index in [1.54, 1.807) is 17.0 Å². The lowest BCUT2D eigenvalue weighted by Crippen LogP contribution is -2.24. The van der Waals surface area contributed by atoms with E-state index in [9.17, 15) is 13.2 Å². The van der Waals surface area contributed by atoms with E-state index in [-0.39, 0.29) is 0 Å². The monoisotopic (exact) mass is 267 g/mol. The summed E-state index contributed by atoms with van der Waals surface area (Å²) in [4.78, 5) is 4.24. The molecule has 0 atom stereocenters.